The maximum atomic E-state index is 11.8. The summed E-state index contributed by atoms with van der Waals surface area (Å²) < 4.78 is 5.22. The summed E-state index contributed by atoms with van der Waals surface area (Å²) in [5.41, 5.74) is 1.37. The van der Waals surface area contributed by atoms with Gasteiger partial charge in [-0.2, -0.15) is 0 Å². The number of hydrogen-bond donors (Lipinski definition) is 0. The van der Waals surface area contributed by atoms with Crippen LogP contribution in [0.25, 0.3) is 6.08 Å². The molecule has 3 nitrogen and oxygen atoms in total. The van der Waals surface area contributed by atoms with Crippen LogP contribution in [0, 0.1) is 0 Å². The number of aliphatic imine (C=N–C) groups is 1. The van der Waals surface area contributed by atoms with Crippen molar-refractivity contribution in [2.45, 2.75) is 51.9 Å². The average molecular weight is 285 g/mol. The van der Waals surface area contributed by atoms with Crippen LogP contribution in [-0.4, -0.2) is 11.9 Å². The molecule has 1 aromatic carbocycles. The molecule has 1 heterocycles. The molecule has 112 valence electrons. The van der Waals surface area contributed by atoms with Gasteiger partial charge < -0.3 is 4.74 Å². The Hall–Kier alpha value is -1.90. The zero-order valence-corrected chi connectivity index (χ0v) is 12.7. The highest BCUT2D eigenvalue weighted by Crippen LogP contribution is 2.18. The molecule has 0 saturated heterocycles. The van der Waals surface area contributed by atoms with Crippen LogP contribution in [0.5, 0.6) is 0 Å². The molecular formula is C18H23NO2. The summed E-state index contributed by atoms with van der Waals surface area (Å²) in [7, 11) is 0. The largest absolute Gasteiger partial charge is 0.407 e. The van der Waals surface area contributed by atoms with E-state index in [1.807, 2.05) is 30.3 Å². The number of nitrogens with zero attached hydrogens (tertiary/aromatic N) is 1. The van der Waals surface area contributed by atoms with Crippen molar-refractivity contribution in [1.82, 2.24) is 0 Å². The van der Waals surface area contributed by atoms with Crippen molar-refractivity contribution in [2.75, 3.05) is 0 Å². The van der Waals surface area contributed by atoms with Crippen molar-refractivity contribution < 1.29 is 9.53 Å². The first-order valence-electron chi connectivity index (χ1n) is 7.86. The lowest BCUT2D eigenvalue weighted by molar-refractivity contribution is -0.130. The van der Waals surface area contributed by atoms with Crippen LogP contribution >= 0.6 is 0 Å². The summed E-state index contributed by atoms with van der Waals surface area (Å²) in [6, 6.07) is 9.71. The van der Waals surface area contributed by atoms with Crippen molar-refractivity contribution >= 4 is 17.9 Å². The minimum Gasteiger partial charge on any atom is -0.407 e. The number of rotatable bonds is 8. The quantitative estimate of drug-likeness (QED) is 0.393. The molecule has 0 fully saturated rings. The number of esters is 1. The predicted octanol–water partition coefficient (Wildman–Crippen LogP) is 4.73. The van der Waals surface area contributed by atoms with Gasteiger partial charge in [0.05, 0.1) is 0 Å². The number of ether oxygens (including phenoxy) is 1. The molecule has 0 spiro atoms. The Morgan fingerprint density at radius 1 is 1.05 bits per heavy atom. The molecule has 3 heteroatoms. The van der Waals surface area contributed by atoms with Gasteiger partial charge in [-0.05, 0) is 18.1 Å². The Balaban J connectivity index is 1.82. The predicted molar refractivity (Wildman–Crippen MR) is 85.9 cm³/mol. The van der Waals surface area contributed by atoms with Gasteiger partial charge in [-0.15, -0.1) is 0 Å². The SMILES string of the molecule is CCCCCCCCC1=N/C(=C\c2ccccc2)C(=O)O1. The second-order valence-electron chi connectivity index (χ2n) is 5.35. The van der Waals surface area contributed by atoms with Crippen LogP contribution in [0.15, 0.2) is 41.0 Å². The lowest BCUT2D eigenvalue weighted by Gasteiger charge is -2.00. The molecule has 0 unspecified atom stereocenters. The lowest BCUT2D eigenvalue weighted by atomic mass is 10.1. The first kappa shape index (κ1) is 15.5. The first-order chi connectivity index (χ1) is 10.3. The van der Waals surface area contributed by atoms with Gasteiger partial charge in [0.15, 0.2) is 11.6 Å². The Bertz CT molecular complexity index is 517. The van der Waals surface area contributed by atoms with E-state index in [0.717, 1.165) is 18.4 Å². The molecule has 0 saturated carbocycles. The molecule has 0 atom stereocenters. The van der Waals surface area contributed by atoms with Crippen LogP contribution in [0.1, 0.15) is 57.4 Å². The minimum atomic E-state index is -0.333. The standard InChI is InChI=1S/C18H23NO2/c1-2-3-4-5-6-10-13-17-19-16(18(20)21-17)14-15-11-8-7-9-12-15/h7-9,11-12,14H,2-6,10,13H2,1H3/b16-14-. The molecule has 0 aromatic heterocycles. The van der Waals surface area contributed by atoms with Crippen molar-refractivity contribution in [3.63, 3.8) is 0 Å². The Morgan fingerprint density at radius 2 is 1.76 bits per heavy atom. The van der Waals surface area contributed by atoms with E-state index in [4.69, 9.17) is 4.74 Å². The summed E-state index contributed by atoms with van der Waals surface area (Å²) in [6.45, 7) is 2.22. The third-order valence-electron chi connectivity index (χ3n) is 3.51. The topological polar surface area (TPSA) is 38.7 Å². The molecule has 0 N–H and O–H groups in total. The zero-order chi connectivity index (χ0) is 14.9. The van der Waals surface area contributed by atoms with Crippen LogP contribution in [0.4, 0.5) is 0 Å². The Labute approximate surface area is 126 Å². The summed E-state index contributed by atoms with van der Waals surface area (Å²) >= 11 is 0. The number of carbonyl (C=O) groups excluding carboxylic acids is 1. The third kappa shape index (κ3) is 5.18. The summed E-state index contributed by atoms with van der Waals surface area (Å²) in [4.78, 5) is 16.1. The van der Waals surface area contributed by atoms with E-state index < -0.39 is 0 Å². The van der Waals surface area contributed by atoms with Crippen LogP contribution in [0.2, 0.25) is 0 Å². The van der Waals surface area contributed by atoms with Gasteiger partial charge in [-0.25, -0.2) is 9.79 Å². The molecule has 0 bridgehead atoms. The van der Waals surface area contributed by atoms with Gasteiger partial charge >= 0.3 is 5.97 Å². The first-order valence-corrected chi connectivity index (χ1v) is 7.86. The zero-order valence-electron chi connectivity index (χ0n) is 12.7. The van der Waals surface area contributed by atoms with Crippen molar-refractivity contribution in [3.8, 4) is 0 Å². The fraction of sp³-hybridized carbons (Fsp3) is 0.444. The highest BCUT2D eigenvalue weighted by molar-refractivity contribution is 6.07. The Morgan fingerprint density at radius 3 is 2.52 bits per heavy atom. The fourth-order valence-electron chi connectivity index (χ4n) is 2.32. The molecule has 0 amide bonds. The van der Waals surface area contributed by atoms with Gasteiger partial charge in [-0.1, -0.05) is 69.4 Å². The number of carbonyl (C=O) groups is 1. The summed E-state index contributed by atoms with van der Waals surface area (Å²) in [6.07, 6.45) is 9.85. The summed E-state index contributed by atoms with van der Waals surface area (Å²) in [5, 5.41) is 0. The monoisotopic (exact) mass is 285 g/mol. The van der Waals surface area contributed by atoms with Gasteiger partial charge in [0.1, 0.15) is 0 Å². The molecule has 1 aromatic rings. The van der Waals surface area contributed by atoms with Gasteiger partial charge in [0, 0.05) is 6.42 Å². The smallest absolute Gasteiger partial charge is 0.363 e. The van der Waals surface area contributed by atoms with E-state index >= 15 is 0 Å². The maximum Gasteiger partial charge on any atom is 0.363 e. The van der Waals surface area contributed by atoms with Crippen LogP contribution in [-0.2, 0) is 9.53 Å². The van der Waals surface area contributed by atoms with Gasteiger partial charge in [0.25, 0.3) is 0 Å². The van der Waals surface area contributed by atoms with E-state index in [2.05, 4.69) is 11.9 Å². The number of cyclic esters (lactones) is 1. The second kappa shape index (κ2) is 8.40. The molecular weight excluding hydrogens is 262 g/mol. The van der Waals surface area contributed by atoms with Crippen LogP contribution in [0.3, 0.4) is 0 Å². The highest BCUT2D eigenvalue weighted by Gasteiger charge is 2.22. The highest BCUT2D eigenvalue weighted by atomic mass is 16.6. The Kier molecular flexibility index (Phi) is 6.20. The van der Waals surface area contributed by atoms with Crippen LogP contribution < -0.4 is 0 Å². The van der Waals surface area contributed by atoms with Crippen molar-refractivity contribution in [2.24, 2.45) is 4.99 Å². The minimum absolute atomic E-state index is 0.333. The number of unbranched alkanes of at least 4 members (excludes halogenated alkanes) is 5. The van der Waals surface area contributed by atoms with E-state index in [-0.39, 0.29) is 5.97 Å². The fourth-order valence-corrected chi connectivity index (χ4v) is 2.32. The van der Waals surface area contributed by atoms with E-state index in [1.54, 1.807) is 6.08 Å². The lowest BCUT2D eigenvalue weighted by Crippen LogP contribution is -2.03. The summed E-state index contributed by atoms with van der Waals surface area (Å²) in [5.74, 6) is 0.234. The number of hydrogen-bond acceptors (Lipinski definition) is 3. The molecule has 0 aliphatic carbocycles. The van der Waals surface area contributed by atoms with E-state index in [1.165, 1.54) is 32.1 Å². The molecule has 1 aliphatic rings. The second-order valence-corrected chi connectivity index (χ2v) is 5.35. The average Bonchev–Trinajstić information content (AvgIpc) is 2.84. The van der Waals surface area contributed by atoms with E-state index in [0.29, 0.717) is 11.6 Å². The molecule has 1 aliphatic heterocycles. The molecule has 21 heavy (non-hydrogen) atoms. The molecule has 0 radical (unpaired) electrons. The normalized spacial score (nSPS) is 16.1. The van der Waals surface area contributed by atoms with Gasteiger partial charge in [-0.3, -0.25) is 0 Å². The van der Waals surface area contributed by atoms with Crippen molar-refractivity contribution in [3.05, 3.63) is 41.6 Å². The van der Waals surface area contributed by atoms with Gasteiger partial charge in [0.2, 0.25) is 0 Å². The maximum absolute atomic E-state index is 11.8. The van der Waals surface area contributed by atoms with E-state index in [9.17, 15) is 4.79 Å². The third-order valence-corrected chi connectivity index (χ3v) is 3.51. The number of benzene rings is 1. The molecule has 2 rings (SSSR count). The van der Waals surface area contributed by atoms with Crippen molar-refractivity contribution in [1.29, 1.82) is 0 Å².